The number of aliphatic hydroxyl groups excluding tert-OH is 1. The third-order valence-corrected chi connectivity index (χ3v) is 2.53. The minimum atomic E-state index is -1.44. The van der Waals surface area contributed by atoms with E-state index in [2.05, 4.69) is 0 Å². The first-order valence-corrected chi connectivity index (χ1v) is 5.45. The summed E-state index contributed by atoms with van der Waals surface area (Å²) in [4.78, 5) is 0. The molecule has 17 heavy (non-hydrogen) atoms. The van der Waals surface area contributed by atoms with Gasteiger partial charge in [-0.3, -0.25) is 0 Å². The number of rotatable bonds is 3. The predicted molar refractivity (Wildman–Crippen MR) is 69.0 cm³/mol. The van der Waals surface area contributed by atoms with Gasteiger partial charge in [0.25, 0.3) is 0 Å². The van der Waals surface area contributed by atoms with E-state index in [-0.39, 0.29) is 0 Å². The van der Waals surface area contributed by atoms with Crippen LogP contribution in [0.25, 0.3) is 12.2 Å². The van der Waals surface area contributed by atoms with Crippen LogP contribution >= 0.6 is 0 Å². The predicted octanol–water partition coefficient (Wildman–Crippen LogP) is 2.84. The smallest absolute Gasteiger partial charge is 0.179 e. The third kappa shape index (κ3) is 3.03. The number of aliphatic hydroxyl groups is 2. The number of hydrogen-bond acceptors (Lipinski definition) is 2. The summed E-state index contributed by atoms with van der Waals surface area (Å²) in [7, 11) is 0. The van der Waals surface area contributed by atoms with Crippen LogP contribution in [0, 0.1) is 0 Å². The van der Waals surface area contributed by atoms with E-state index in [4.69, 9.17) is 0 Å². The fourth-order valence-corrected chi connectivity index (χ4v) is 1.65. The van der Waals surface area contributed by atoms with Crippen molar-refractivity contribution < 1.29 is 10.2 Å². The molecule has 0 atom stereocenters. The fourth-order valence-electron chi connectivity index (χ4n) is 1.65. The van der Waals surface area contributed by atoms with Crippen molar-refractivity contribution in [2.24, 2.45) is 0 Å². The van der Waals surface area contributed by atoms with E-state index in [1.54, 1.807) is 12.1 Å². The molecule has 0 saturated carbocycles. The van der Waals surface area contributed by atoms with Crippen LogP contribution < -0.4 is 0 Å². The van der Waals surface area contributed by atoms with E-state index in [0.717, 1.165) is 11.1 Å². The molecule has 0 fully saturated rings. The van der Waals surface area contributed by atoms with E-state index >= 15 is 0 Å². The Kier molecular flexibility index (Phi) is 3.70. The lowest BCUT2D eigenvalue weighted by Gasteiger charge is -2.07. The van der Waals surface area contributed by atoms with Crippen molar-refractivity contribution in [3.8, 4) is 0 Å². The summed E-state index contributed by atoms with van der Waals surface area (Å²) in [6.45, 7) is 0. The zero-order valence-corrected chi connectivity index (χ0v) is 9.32. The Bertz CT molecular complexity index is 501. The van der Waals surface area contributed by atoms with Gasteiger partial charge in [0.2, 0.25) is 0 Å². The first-order chi connectivity index (χ1) is 8.27. The molecule has 86 valence electrons. The maximum atomic E-state index is 9.22. The van der Waals surface area contributed by atoms with Crippen molar-refractivity contribution in [1.82, 2.24) is 0 Å². The van der Waals surface area contributed by atoms with E-state index < -0.39 is 6.29 Å². The second-order valence-corrected chi connectivity index (χ2v) is 3.75. The van der Waals surface area contributed by atoms with Crippen molar-refractivity contribution in [2.45, 2.75) is 6.29 Å². The first kappa shape index (κ1) is 11.6. The Morgan fingerprint density at radius 2 is 1.41 bits per heavy atom. The molecule has 2 nitrogen and oxygen atoms in total. The summed E-state index contributed by atoms with van der Waals surface area (Å²) in [5.41, 5.74) is 2.40. The average Bonchev–Trinajstić information content (AvgIpc) is 2.38. The van der Waals surface area contributed by atoms with Crippen LogP contribution in [0.5, 0.6) is 0 Å². The van der Waals surface area contributed by atoms with E-state index in [1.165, 1.54) is 0 Å². The minimum Gasteiger partial charge on any atom is -0.364 e. The normalized spacial score (nSPS) is 11.2. The van der Waals surface area contributed by atoms with Crippen molar-refractivity contribution in [3.63, 3.8) is 0 Å². The molecule has 0 spiro atoms. The molecule has 2 aromatic rings. The number of hydrogen-bond donors (Lipinski definition) is 2. The number of benzene rings is 2. The van der Waals surface area contributed by atoms with E-state index in [9.17, 15) is 10.2 Å². The van der Waals surface area contributed by atoms with Crippen LogP contribution in [0.4, 0.5) is 0 Å². The van der Waals surface area contributed by atoms with Gasteiger partial charge in [-0.1, -0.05) is 66.7 Å². The molecule has 0 aliphatic rings. The lowest BCUT2D eigenvalue weighted by atomic mass is 10.1. The van der Waals surface area contributed by atoms with Crippen molar-refractivity contribution in [1.29, 1.82) is 0 Å². The molecule has 2 rings (SSSR count). The van der Waals surface area contributed by atoms with Crippen LogP contribution in [0.3, 0.4) is 0 Å². The zero-order valence-electron chi connectivity index (χ0n) is 9.32. The van der Waals surface area contributed by atoms with Crippen molar-refractivity contribution >= 4 is 12.2 Å². The summed E-state index contributed by atoms with van der Waals surface area (Å²) in [5.74, 6) is 0. The van der Waals surface area contributed by atoms with Gasteiger partial charge < -0.3 is 10.2 Å². The lowest BCUT2D eigenvalue weighted by molar-refractivity contribution is -0.0426. The average molecular weight is 226 g/mol. The fraction of sp³-hybridized carbons (Fsp3) is 0.0667. The molecule has 0 heterocycles. The van der Waals surface area contributed by atoms with E-state index in [1.807, 2.05) is 54.6 Å². The van der Waals surface area contributed by atoms with Crippen molar-refractivity contribution in [2.75, 3.05) is 0 Å². The van der Waals surface area contributed by atoms with Gasteiger partial charge in [-0.05, 0) is 11.1 Å². The molecule has 2 aromatic carbocycles. The topological polar surface area (TPSA) is 40.5 Å². The Morgan fingerprint density at radius 1 is 0.765 bits per heavy atom. The Morgan fingerprint density at radius 3 is 2.12 bits per heavy atom. The molecule has 2 N–H and O–H groups in total. The minimum absolute atomic E-state index is 0.514. The highest BCUT2D eigenvalue weighted by atomic mass is 16.5. The standard InChI is InChI=1S/C15H14O2/c16-15(17)14-9-5-4-8-13(14)11-10-12-6-2-1-3-7-12/h1-11,15-17H. The molecule has 0 saturated heterocycles. The molecular weight excluding hydrogens is 212 g/mol. The van der Waals surface area contributed by atoms with Gasteiger partial charge in [0.1, 0.15) is 0 Å². The molecule has 0 aliphatic heterocycles. The van der Waals surface area contributed by atoms with Gasteiger partial charge in [-0.15, -0.1) is 0 Å². The second-order valence-electron chi connectivity index (χ2n) is 3.75. The molecular formula is C15H14O2. The zero-order chi connectivity index (χ0) is 12.1. The van der Waals surface area contributed by atoms with Gasteiger partial charge in [-0.25, -0.2) is 0 Å². The van der Waals surface area contributed by atoms with Crippen LogP contribution in [0.1, 0.15) is 23.0 Å². The summed E-state index contributed by atoms with van der Waals surface area (Å²) in [5, 5.41) is 18.4. The quantitative estimate of drug-likeness (QED) is 0.624. The van der Waals surface area contributed by atoms with Gasteiger partial charge in [0, 0.05) is 5.56 Å². The van der Waals surface area contributed by atoms with Crippen LogP contribution in [0.15, 0.2) is 54.6 Å². The van der Waals surface area contributed by atoms with E-state index in [0.29, 0.717) is 5.56 Å². The van der Waals surface area contributed by atoms with Crippen LogP contribution in [-0.2, 0) is 0 Å². The first-order valence-electron chi connectivity index (χ1n) is 5.45. The van der Waals surface area contributed by atoms with Crippen molar-refractivity contribution in [3.05, 3.63) is 71.3 Å². The molecule has 0 aromatic heterocycles. The summed E-state index contributed by atoms with van der Waals surface area (Å²) in [6.07, 6.45) is 2.39. The lowest BCUT2D eigenvalue weighted by Crippen LogP contribution is -1.97. The van der Waals surface area contributed by atoms with Gasteiger partial charge in [-0.2, -0.15) is 0 Å². The molecule has 0 bridgehead atoms. The molecule has 0 unspecified atom stereocenters. The van der Waals surface area contributed by atoms with Crippen LogP contribution in [-0.4, -0.2) is 10.2 Å². The maximum Gasteiger partial charge on any atom is 0.179 e. The van der Waals surface area contributed by atoms with Crippen LogP contribution in [0.2, 0.25) is 0 Å². The maximum absolute atomic E-state index is 9.22. The Hall–Kier alpha value is -1.90. The highest BCUT2D eigenvalue weighted by Crippen LogP contribution is 2.18. The third-order valence-electron chi connectivity index (χ3n) is 2.53. The molecule has 2 heteroatoms. The highest BCUT2D eigenvalue weighted by Gasteiger charge is 2.05. The Labute approximate surface area is 100 Å². The molecule has 0 amide bonds. The molecule has 0 aliphatic carbocycles. The monoisotopic (exact) mass is 226 g/mol. The van der Waals surface area contributed by atoms with Gasteiger partial charge in [0.15, 0.2) is 6.29 Å². The highest BCUT2D eigenvalue weighted by molar-refractivity contribution is 5.71. The summed E-state index contributed by atoms with van der Waals surface area (Å²) >= 11 is 0. The van der Waals surface area contributed by atoms with Gasteiger partial charge in [0.05, 0.1) is 0 Å². The largest absolute Gasteiger partial charge is 0.364 e. The Balaban J connectivity index is 2.27. The van der Waals surface area contributed by atoms with Gasteiger partial charge >= 0.3 is 0 Å². The second kappa shape index (κ2) is 5.43. The summed E-state index contributed by atoms with van der Waals surface area (Å²) < 4.78 is 0. The SMILES string of the molecule is OC(O)c1ccccc1C=Cc1ccccc1. The summed E-state index contributed by atoms with van der Waals surface area (Å²) in [6, 6.07) is 17.1. The molecule has 0 radical (unpaired) electrons.